The second-order valence-corrected chi connectivity index (χ2v) is 4.26. The van der Waals surface area contributed by atoms with E-state index in [1.807, 2.05) is 25.6 Å². The molecule has 1 aromatic heterocycles. The molecule has 3 nitrogen and oxygen atoms in total. The fraction of sp³-hybridized carbons (Fsp3) is 0.700. The molecule has 1 N–H and O–H groups in total. The summed E-state index contributed by atoms with van der Waals surface area (Å²) in [6.45, 7) is 5.68. The van der Waals surface area contributed by atoms with Crippen molar-refractivity contribution in [3.05, 3.63) is 17.3 Å². The van der Waals surface area contributed by atoms with Gasteiger partial charge in [-0.15, -0.1) is 0 Å². The van der Waals surface area contributed by atoms with Crippen molar-refractivity contribution in [2.24, 2.45) is 0 Å². The molecule has 0 unspecified atom stereocenters. The molecular weight excluding hydrogens is 196 g/mol. The van der Waals surface area contributed by atoms with E-state index in [0.29, 0.717) is 0 Å². The molecule has 0 bridgehead atoms. The Labute approximate surface area is 89.7 Å². The van der Waals surface area contributed by atoms with Crippen molar-refractivity contribution in [1.82, 2.24) is 10.3 Å². The van der Waals surface area contributed by atoms with Gasteiger partial charge in [0, 0.05) is 0 Å². The number of hydrogen-bond donors (Lipinski definition) is 1. The Kier molecular flexibility index (Phi) is 5.04. The first kappa shape index (κ1) is 11.6. The van der Waals surface area contributed by atoms with Gasteiger partial charge in [-0.1, -0.05) is 0 Å². The topological polar surface area (TPSA) is 38.1 Å². The van der Waals surface area contributed by atoms with Gasteiger partial charge in [0.25, 0.3) is 0 Å². The van der Waals surface area contributed by atoms with Crippen molar-refractivity contribution in [2.45, 2.75) is 26.8 Å². The molecule has 0 atom stereocenters. The number of rotatable bonds is 6. The van der Waals surface area contributed by atoms with E-state index >= 15 is 0 Å². The van der Waals surface area contributed by atoms with E-state index in [9.17, 15) is 0 Å². The Morgan fingerprint density at radius 1 is 1.43 bits per heavy atom. The van der Waals surface area contributed by atoms with Crippen LogP contribution in [0.25, 0.3) is 0 Å². The van der Waals surface area contributed by atoms with Crippen molar-refractivity contribution in [2.75, 3.05) is 18.6 Å². The summed E-state index contributed by atoms with van der Waals surface area (Å²) in [5.74, 6) is 2.92. The SMILES string of the molecule is CSCCCNCc1nc(C)c(C)o1. The normalized spacial score (nSPS) is 10.8. The zero-order chi connectivity index (χ0) is 10.4. The molecule has 0 radical (unpaired) electrons. The Balaban J connectivity index is 2.18. The lowest BCUT2D eigenvalue weighted by Gasteiger charge is -1.99. The Morgan fingerprint density at radius 2 is 2.21 bits per heavy atom. The Morgan fingerprint density at radius 3 is 2.79 bits per heavy atom. The average molecular weight is 214 g/mol. The van der Waals surface area contributed by atoms with Crippen LogP contribution < -0.4 is 5.32 Å². The molecule has 80 valence electrons. The molecule has 0 saturated carbocycles. The van der Waals surface area contributed by atoms with Gasteiger partial charge in [-0.25, -0.2) is 4.98 Å². The maximum atomic E-state index is 5.44. The third-order valence-corrected chi connectivity index (χ3v) is 2.75. The van der Waals surface area contributed by atoms with E-state index < -0.39 is 0 Å². The van der Waals surface area contributed by atoms with Gasteiger partial charge in [-0.2, -0.15) is 11.8 Å². The second-order valence-electron chi connectivity index (χ2n) is 3.27. The van der Waals surface area contributed by atoms with Crippen LogP contribution in [0, 0.1) is 13.8 Å². The van der Waals surface area contributed by atoms with Crippen LogP contribution in [0.15, 0.2) is 4.42 Å². The van der Waals surface area contributed by atoms with Gasteiger partial charge in [0.2, 0.25) is 5.89 Å². The van der Waals surface area contributed by atoms with Crippen LogP contribution in [0.4, 0.5) is 0 Å². The lowest BCUT2D eigenvalue weighted by atomic mass is 10.4. The van der Waals surface area contributed by atoms with E-state index in [1.165, 1.54) is 12.2 Å². The first-order valence-corrected chi connectivity index (χ1v) is 6.26. The zero-order valence-corrected chi connectivity index (χ0v) is 9.91. The molecule has 0 spiro atoms. The molecule has 0 aliphatic heterocycles. The Bertz CT molecular complexity index is 254. The number of hydrogen-bond acceptors (Lipinski definition) is 4. The molecule has 1 heterocycles. The highest BCUT2D eigenvalue weighted by atomic mass is 32.2. The van der Waals surface area contributed by atoms with E-state index in [0.717, 1.165) is 30.4 Å². The van der Waals surface area contributed by atoms with Crippen LogP contribution in [0.1, 0.15) is 23.8 Å². The van der Waals surface area contributed by atoms with Crippen molar-refractivity contribution in [3.63, 3.8) is 0 Å². The van der Waals surface area contributed by atoms with Gasteiger partial charge < -0.3 is 9.73 Å². The monoisotopic (exact) mass is 214 g/mol. The smallest absolute Gasteiger partial charge is 0.208 e. The molecule has 1 rings (SSSR count). The second kappa shape index (κ2) is 6.09. The van der Waals surface area contributed by atoms with Crippen LogP contribution in [0.2, 0.25) is 0 Å². The number of nitrogens with one attached hydrogen (secondary N) is 1. The van der Waals surface area contributed by atoms with Crippen molar-refractivity contribution in [3.8, 4) is 0 Å². The molecule has 0 aliphatic carbocycles. The summed E-state index contributed by atoms with van der Waals surface area (Å²) in [4.78, 5) is 4.29. The Hall–Kier alpha value is -0.480. The van der Waals surface area contributed by atoms with Crippen LogP contribution in [-0.4, -0.2) is 23.5 Å². The van der Waals surface area contributed by atoms with Gasteiger partial charge >= 0.3 is 0 Å². The van der Waals surface area contributed by atoms with Crippen LogP contribution in [0.5, 0.6) is 0 Å². The molecule has 0 aliphatic rings. The first-order valence-electron chi connectivity index (χ1n) is 4.86. The minimum Gasteiger partial charge on any atom is -0.444 e. The highest BCUT2D eigenvalue weighted by molar-refractivity contribution is 7.98. The summed E-state index contributed by atoms with van der Waals surface area (Å²) < 4.78 is 5.44. The number of thioether (sulfide) groups is 1. The highest BCUT2D eigenvalue weighted by Crippen LogP contribution is 2.07. The molecular formula is C10H18N2OS. The minimum absolute atomic E-state index is 0.739. The fourth-order valence-corrected chi connectivity index (χ4v) is 1.58. The largest absolute Gasteiger partial charge is 0.444 e. The molecule has 14 heavy (non-hydrogen) atoms. The molecule has 0 aromatic carbocycles. The van der Waals surface area contributed by atoms with Crippen molar-refractivity contribution in [1.29, 1.82) is 0 Å². The van der Waals surface area contributed by atoms with Gasteiger partial charge in [0.05, 0.1) is 12.2 Å². The zero-order valence-electron chi connectivity index (χ0n) is 9.09. The third kappa shape index (κ3) is 3.72. The molecule has 1 aromatic rings. The third-order valence-electron chi connectivity index (χ3n) is 2.05. The van der Waals surface area contributed by atoms with Gasteiger partial charge in [-0.05, 0) is 38.8 Å². The van der Waals surface area contributed by atoms with Crippen LogP contribution >= 0.6 is 11.8 Å². The van der Waals surface area contributed by atoms with Crippen molar-refractivity contribution < 1.29 is 4.42 Å². The lowest BCUT2D eigenvalue weighted by Crippen LogP contribution is -2.15. The maximum absolute atomic E-state index is 5.44. The lowest BCUT2D eigenvalue weighted by molar-refractivity contribution is 0.449. The fourth-order valence-electron chi connectivity index (χ4n) is 1.15. The number of nitrogens with zero attached hydrogens (tertiary/aromatic N) is 1. The molecule has 0 amide bonds. The standard InChI is InChI=1S/C10H18N2OS/c1-8-9(2)13-10(12-8)7-11-5-4-6-14-3/h11H,4-7H2,1-3H3. The summed E-state index contributed by atoms with van der Waals surface area (Å²) in [5.41, 5.74) is 0.992. The number of oxazole rings is 1. The highest BCUT2D eigenvalue weighted by Gasteiger charge is 2.03. The average Bonchev–Trinajstić information content (AvgIpc) is 2.46. The summed E-state index contributed by atoms with van der Waals surface area (Å²) in [7, 11) is 0. The van der Waals surface area contributed by atoms with E-state index in [-0.39, 0.29) is 0 Å². The number of aromatic nitrogens is 1. The van der Waals surface area contributed by atoms with Crippen LogP contribution in [0.3, 0.4) is 0 Å². The maximum Gasteiger partial charge on any atom is 0.208 e. The molecule has 0 fully saturated rings. The summed E-state index contributed by atoms with van der Waals surface area (Å²) >= 11 is 1.88. The summed E-state index contributed by atoms with van der Waals surface area (Å²) in [6, 6.07) is 0. The number of aryl methyl sites for hydroxylation is 2. The molecule has 4 heteroatoms. The van der Waals surface area contributed by atoms with Gasteiger partial charge in [0.15, 0.2) is 0 Å². The first-order chi connectivity index (χ1) is 6.74. The minimum atomic E-state index is 0.739. The summed E-state index contributed by atoms with van der Waals surface area (Å²) in [5, 5.41) is 3.31. The molecule has 0 saturated heterocycles. The van der Waals surface area contributed by atoms with E-state index in [2.05, 4.69) is 16.6 Å². The van der Waals surface area contributed by atoms with E-state index in [4.69, 9.17) is 4.42 Å². The summed E-state index contributed by atoms with van der Waals surface area (Å²) in [6.07, 6.45) is 3.32. The predicted octanol–water partition coefficient (Wildman–Crippen LogP) is 2.13. The van der Waals surface area contributed by atoms with Crippen LogP contribution in [-0.2, 0) is 6.54 Å². The predicted molar refractivity (Wildman–Crippen MR) is 60.7 cm³/mol. The van der Waals surface area contributed by atoms with Crippen molar-refractivity contribution >= 4 is 11.8 Å². The van der Waals surface area contributed by atoms with E-state index in [1.54, 1.807) is 0 Å². The quantitative estimate of drug-likeness (QED) is 0.736. The van der Waals surface area contributed by atoms with Gasteiger partial charge in [-0.3, -0.25) is 0 Å². The van der Waals surface area contributed by atoms with Gasteiger partial charge in [0.1, 0.15) is 5.76 Å².